The van der Waals surface area contributed by atoms with E-state index in [-0.39, 0.29) is 5.91 Å². The van der Waals surface area contributed by atoms with E-state index in [4.69, 9.17) is 4.74 Å². The minimum Gasteiger partial charge on any atom is -0.487 e. The van der Waals surface area contributed by atoms with Crippen LogP contribution < -0.4 is 10.1 Å². The van der Waals surface area contributed by atoms with Crippen LogP contribution in [0.1, 0.15) is 27.3 Å². The Balaban J connectivity index is 1.27. The number of rotatable bonds is 6. The van der Waals surface area contributed by atoms with Crippen LogP contribution in [0.5, 0.6) is 5.75 Å². The van der Waals surface area contributed by atoms with Gasteiger partial charge in [-0.15, -0.1) is 0 Å². The number of aryl methyl sites for hydroxylation is 2. The second-order valence-electron chi connectivity index (χ2n) is 7.91. The van der Waals surface area contributed by atoms with Gasteiger partial charge in [-0.05, 0) is 67.9 Å². The van der Waals surface area contributed by atoms with Crippen molar-refractivity contribution < 1.29 is 9.53 Å². The van der Waals surface area contributed by atoms with Crippen molar-refractivity contribution >= 4 is 17.2 Å². The molecule has 1 N–H and O–H groups in total. The zero-order valence-corrected chi connectivity index (χ0v) is 18.4. The van der Waals surface area contributed by atoms with Crippen LogP contribution in [0.25, 0.3) is 11.3 Å². The number of anilines is 1. The molecule has 164 valence electrons. The summed E-state index contributed by atoms with van der Waals surface area (Å²) in [5, 5.41) is 7.27. The Hall–Kier alpha value is -4.39. The van der Waals surface area contributed by atoms with Crippen molar-refractivity contribution in [2.24, 2.45) is 0 Å². The molecule has 3 heterocycles. The number of hydrogen-bond acceptors (Lipinski definition) is 4. The number of pyridine rings is 1. The number of carbonyl (C=O) groups is 1. The van der Waals surface area contributed by atoms with E-state index in [1.165, 1.54) is 0 Å². The van der Waals surface area contributed by atoms with Crippen molar-refractivity contribution in [2.45, 2.75) is 20.5 Å². The molecule has 5 aromatic rings. The normalized spacial score (nSPS) is 11.0. The van der Waals surface area contributed by atoms with Crippen molar-refractivity contribution in [3.63, 3.8) is 0 Å². The van der Waals surface area contributed by atoms with Gasteiger partial charge in [-0.1, -0.05) is 18.2 Å². The van der Waals surface area contributed by atoms with Crippen LogP contribution in [0.2, 0.25) is 0 Å². The summed E-state index contributed by atoms with van der Waals surface area (Å²) in [6.07, 6.45) is 5.73. The summed E-state index contributed by atoms with van der Waals surface area (Å²) in [5.41, 5.74) is 5.97. The quantitative estimate of drug-likeness (QED) is 0.407. The minimum absolute atomic E-state index is 0.210. The second kappa shape index (κ2) is 8.63. The van der Waals surface area contributed by atoms with Gasteiger partial charge in [0.1, 0.15) is 18.0 Å². The highest BCUT2D eigenvalue weighted by molar-refractivity contribution is 6.04. The van der Waals surface area contributed by atoms with Crippen LogP contribution in [0.4, 0.5) is 5.69 Å². The molecule has 0 fully saturated rings. The Morgan fingerprint density at radius 3 is 2.73 bits per heavy atom. The molecule has 33 heavy (non-hydrogen) atoms. The highest BCUT2D eigenvalue weighted by Crippen LogP contribution is 2.19. The number of ether oxygens (including phenoxy) is 1. The predicted octanol–water partition coefficient (Wildman–Crippen LogP) is 4.97. The van der Waals surface area contributed by atoms with E-state index in [0.717, 1.165) is 28.3 Å². The summed E-state index contributed by atoms with van der Waals surface area (Å²) in [5.74, 6) is 0.398. The first-order chi connectivity index (χ1) is 16.0. The lowest BCUT2D eigenvalue weighted by atomic mass is 10.2. The highest BCUT2D eigenvalue weighted by Gasteiger charge is 2.10. The molecule has 0 aliphatic carbocycles. The average molecular weight is 438 g/mol. The van der Waals surface area contributed by atoms with Crippen molar-refractivity contribution in [1.29, 1.82) is 0 Å². The summed E-state index contributed by atoms with van der Waals surface area (Å²) in [7, 11) is 0. The molecule has 7 heteroatoms. The summed E-state index contributed by atoms with van der Waals surface area (Å²) < 4.78 is 9.71. The fraction of sp³-hybridized carbons (Fsp3) is 0.115. The molecule has 0 bridgehead atoms. The molecule has 0 spiro atoms. The topological polar surface area (TPSA) is 73.4 Å². The van der Waals surface area contributed by atoms with Gasteiger partial charge in [0.15, 0.2) is 0 Å². The van der Waals surface area contributed by atoms with Crippen LogP contribution in [0, 0.1) is 13.8 Å². The first kappa shape index (κ1) is 20.5. The first-order valence-electron chi connectivity index (χ1n) is 10.6. The summed E-state index contributed by atoms with van der Waals surface area (Å²) in [6, 6.07) is 20.7. The van der Waals surface area contributed by atoms with E-state index in [1.807, 2.05) is 83.9 Å². The Morgan fingerprint density at radius 1 is 1.00 bits per heavy atom. The van der Waals surface area contributed by atoms with Gasteiger partial charge in [-0.25, -0.2) is 9.67 Å². The summed E-state index contributed by atoms with van der Waals surface area (Å²) >= 11 is 0. The van der Waals surface area contributed by atoms with E-state index in [9.17, 15) is 4.79 Å². The zero-order valence-electron chi connectivity index (χ0n) is 18.4. The molecular formula is C26H23N5O2. The van der Waals surface area contributed by atoms with Gasteiger partial charge in [0.2, 0.25) is 0 Å². The summed E-state index contributed by atoms with van der Waals surface area (Å²) in [6.45, 7) is 4.34. The third-order valence-corrected chi connectivity index (χ3v) is 5.31. The number of amides is 1. The number of carbonyl (C=O) groups excluding carboxylic acids is 1. The number of nitrogens with zero attached hydrogens (tertiary/aromatic N) is 4. The number of benzene rings is 2. The maximum atomic E-state index is 12.8. The smallest absolute Gasteiger partial charge is 0.255 e. The Kier molecular flexibility index (Phi) is 5.36. The Labute approximate surface area is 191 Å². The molecule has 0 saturated carbocycles. The second-order valence-corrected chi connectivity index (χ2v) is 7.91. The van der Waals surface area contributed by atoms with Crippen molar-refractivity contribution in [2.75, 3.05) is 5.32 Å². The number of fused-ring (bicyclic) bond motifs is 1. The molecule has 2 aromatic carbocycles. The van der Waals surface area contributed by atoms with E-state index in [2.05, 4.69) is 15.4 Å². The van der Waals surface area contributed by atoms with Gasteiger partial charge in [-0.3, -0.25) is 4.79 Å². The van der Waals surface area contributed by atoms with Crippen molar-refractivity contribution in [1.82, 2.24) is 19.2 Å². The van der Waals surface area contributed by atoms with E-state index in [1.54, 1.807) is 24.4 Å². The fourth-order valence-electron chi connectivity index (χ4n) is 3.67. The number of nitrogens with one attached hydrogen (secondary N) is 1. The van der Waals surface area contributed by atoms with E-state index in [0.29, 0.717) is 23.6 Å². The van der Waals surface area contributed by atoms with Crippen LogP contribution in [0.3, 0.4) is 0 Å². The summed E-state index contributed by atoms with van der Waals surface area (Å²) in [4.78, 5) is 17.4. The first-order valence-corrected chi connectivity index (χ1v) is 10.6. The van der Waals surface area contributed by atoms with Crippen LogP contribution >= 0.6 is 0 Å². The van der Waals surface area contributed by atoms with Gasteiger partial charge in [0, 0.05) is 35.5 Å². The van der Waals surface area contributed by atoms with Crippen LogP contribution in [-0.4, -0.2) is 25.1 Å². The van der Waals surface area contributed by atoms with Crippen molar-refractivity contribution in [3.05, 3.63) is 108 Å². The van der Waals surface area contributed by atoms with Crippen molar-refractivity contribution in [3.8, 4) is 11.4 Å². The molecule has 0 atom stereocenters. The van der Waals surface area contributed by atoms with Gasteiger partial charge in [0.25, 0.3) is 5.91 Å². The van der Waals surface area contributed by atoms with E-state index >= 15 is 0 Å². The fourth-order valence-corrected chi connectivity index (χ4v) is 3.67. The third-order valence-electron chi connectivity index (χ3n) is 5.31. The van der Waals surface area contributed by atoms with Gasteiger partial charge >= 0.3 is 0 Å². The lowest BCUT2D eigenvalue weighted by Gasteiger charge is -2.10. The lowest BCUT2D eigenvalue weighted by Crippen LogP contribution is -2.12. The molecule has 0 saturated heterocycles. The minimum atomic E-state index is -0.210. The third kappa shape index (κ3) is 4.48. The molecule has 0 aliphatic heterocycles. The van der Waals surface area contributed by atoms with Crippen LogP contribution in [-0.2, 0) is 6.61 Å². The van der Waals surface area contributed by atoms with Crippen LogP contribution in [0.15, 0.2) is 85.3 Å². The molecule has 0 unspecified atom stereocenters. The Morgan fingerprint density at radius 2 is 1.88 bits per heavy atom. The molecule has 7 nitrogen and oxygen atoms in total. The molecule has 0 radical (unpaired) electrons. The molecule has 5 rings (SSSR count). The SMILES string of the molecule is Cc1ccc2nc(COc3cccc(C(=O)Nc4cccc(-n5nccc5C)c4)c3)cn2c1. The molecular weight excluding hydrogens is 414 g/mol. The number of imidazole rings is 1. The monoisotopic (exact) mass is 437 g/mol. The van der Waals surface area contributed by atoms with Gasteiger partial charge in [0.05, 0.1) is 11.4 Å². The number of aromatic nitrogens is 4. The maximum absolute atomic E-state index is 12.8. The van der Waals surface area contributed by atoms with E-state index < -0.39 is 0 Å². The predicted molar refractivity (Wildman–Crippen MR) is 127 cm³/mol. The lowest BCUT2D eigenvalue weighted by molar-refractivity contribution is 0.102. The standard InChI is InChI=1S/C26H23N5O2/c1-18-9-10-25-28-22(16-30(25)15-18)17-33-24-8-3-5-20(13-24)26(32)29-21-6-4-7-23(14-21)31-19(2)11-12-27-31/h3-16H,17H2,1-2H3,(H,29,32). The highest BCUT2D eigenvalue weighted by atomic mass is 16.5. The molecule has 0 aliphatic rings. The molecule has 1 amide bonds. The maximum Gasteiger partial charge on any atom is 0.255 e. The molecule has 3 aromatic heterocycles. The average Bonchev–Trinajstić information content (AvgIpc) is 3.43. The number of hydrogen-bond donors (Lipinski definition) is 1. The largest absolute Gasteiger partial charge is 0.487 e. The zero-order chi connectivity index (χ0) is 22.8. The van der Waals surface area contributed by atoms with Gasteiger partial charge in [-0.2, -0.15) is 5.10 Å². The van der Waals surface area contributed by atoms with Gasteiger partial charge < -0.3 is 14.5 Å². The Bertz CT molecular complexity index is 1450.